The summed E-state index contributed by atoms with van der Waals surface area (Å²) in [6.45, 7) is 3.80. The van der Waals surface area contributed by atoms with Crippen LogP contribution < -0.4 is 5.73 Å². The van der Waals surface area contributed by atoms with E-state index in [0.29, 0.717) is 6.42 Å². The molecule has 0 amide bonds. The first-order valence-corrected chi connectivity index (χ1v) is 4.54. The monoisotopic (exact) mass is 193 g/mol. The number of aryl methyl sites for hydroxylation is 2. The Labute approximate surface area is 83.6 Å². The smallest absolute Gasteiger partial charge is 0.137 e. The van der Waals surface area contributed by atoms with Crippen molar-refractivity contribution in [2.45, 2.75) is 26.3 Å². The van der Waals surface area contributed by atoms with Gasteiger partial charge in [-0.1, -0.05) is 0 Å². The van der Waals surface area contributed by atoms with Crippen molar-refractivity contribution in [3.63, 3.8) is 0 Å². The van der Waals surface area contributed by atoms with E-state index in [4.69, 9.17) is 5.73 Å². The summed E-state index contributed by atoms with van der Waals surface area (Å²) in [7, 11) is 0. The maximum Gasteiger partial charge on any atom is 0.137 e. The van der Waals surface area contributed by atoms with Crippen LogP contribution in [0.15, 0.2) is 12.1 Å². The van der Waals surface area contributed by atoms with Gasteiger partial charge in [-0.3, -0.25) is 0 Å². The van der Waals surface area contributed by atoms with Crippen LogP contribution >= 0.6 is 0 Å². The summed E-state index contributed by atoms with van der Waals surface area (Å²) in [4.78, 5) is 10.4. The second-order valence-electron chi connectivity index (χ2n) is 3.56. The Morgan fingerprint density at radius 3 is 2.36 bits per heavy atom. The molecule has 0 aliphatic rings. The number of hydrogen-bond acceptors (Lipinski definition) is 3. The van der Waals surface area contributed by atoms with E-state index in [1.165, 1.54) is 0 Å². The molecule has 3 N–H and O–H groups in total. The maximum absolute atomic E-state index is 10.4. The number of nitrogens with two attached hydrogens (primary N) is 1. The lowest BCUT2D eigenvalue weighted by atomic mass is 9.97. The second-order valence-corrected chi connectivity index (χ2v) is 3.56. The highest BCUT2D eigenvalue weighted by Crippen LogP contribution is 2.21. The molecule has 76 valence electrons. The van der Waals surface area contributed by atoms with Gasteiger partial charge in [0, 0.05) is 0 Å². The van der Waals surface area contributed by atoms with Crippen LogP contribution in [-0.2, 0) is 11.2 Å². The third-order valence-corrected chi connectivity index (χ3v) is 2.30. The zero-order valence-electron chi connectivity index (χ0n) is 8.45. The van der Waals surface area contributed by atoms with Crippen molar-refractivity contribution >= 4 is 6.29 Å². The summed E-state index contributed by atoms with van der Waals surface area (Å²) in [6.07, 6.45) is 1.27. The van der Waals surface area contributed by atoms with E-state index in [1.54, 1.807) is 12.1 Å². The van der Waals surface area contributed by atoms with Gasteiger partial charge in [0.1, 0.15) is 12.0 Å². The molecule has 1 rings (SSSR count). The largest absolute Gasteiger partial charge is 0.508 e. The molecule has 1 aromatic carbocycles. The van der Waals surface area contributed by atoms with Crippen molar-refractivity contribution in [3.05, 3.63) is 28.8 Å². The van der Waals surface area contributed by atoms with Gasteiger partial charge < -0.3 is 15.6 Å². The number of hydrogen-bond donors (Lipinski definition) is 2. The minimum absolute atomic E-state index is 0.253. The number of benzene rings is 1. The van der Waals surface area contributed by atoms with Gasteiger partial charge in [-0.05, 0) is 49.1 Å². The summed E-state index contributed by atoms with van der Waals surface area (Å²) in [5.41, 5.74) is 8.54. The quantitative estimate of drug-likeness (QED) is 0.706. The molecule has 0 heterocycles. The Hall–Kier alpha value is -1.35. The summed E-state index contributed by atoms with van der Waals surface area (Å²) >= 11 is 0. The van der Waals surface area contributed by atoms with Gasteiger partial charge in [-0.2, -0.15) is 0 Å². The molecule has 0 aliphatic carbocycles. The molecule has 3 heteroatoms. The Bertz CT molecular complexity index is 324. The fourth-order valence-corrected chi connectivity index (χ4v) is 1.58. The van der Waals surface area contributed by atoms with E-state index in [2.05, 4.69) is 0 Å². The number of aromatic hydroxyl groups is 1. The molecule has 1 atom stereocenters. The summed E-state index contributed by atoms with van der Waals surface area (Å²) in [6, 6.07) is 2.90. The van der Waals surface area contributed by atoms with Crippen LogP contribution in [-0.4, -0.2) is 17.4 Å². The van der Waals surface area contributed by atoms with Gasteiger partial charge in [0.05, 0.1) is 6.04 Å². The van der Waals surface area contributed by atoms with Crippen molar-refractivity contribution in [1.29, 1.82) is 0 Å². The van der Waals surface area contributed by atoms with Crippen LogP contribution in [0.1, 0.15) is 16.7 Å². The second kappa shape index (κ2) is 4.24. The van der Waals surface area contributed by atoms with Crippen molar-refractivity contribution in [2.75, 3.05) is 0 Å². The third kappa shape index (κ3) is 2.33. The standard InChI is InChI=1S/C11H15NO2/c1-7-3-10(14)4-8(2)11(7)5-9(12)6-13/h3-4,6,9,14H,5,12H2,1-2H3/t9-/m1/s1. The molecule has 0 saturated heterocycles. The molecule has 0 aliphatic heterocycles. The molecule has 1 aromatic rings. The molecule has 0 fully saturated rings. The van der Waals surface area contributed by atoms with E-state index in [-0.39, 0.29) is 5.75 Å². The Morgan fingerprint density at radius 2 is 1.93 bits per heavy atom. The topological polar surface area (TPSA) is 63.3 Å². The number of carbonyl (C=O) groups is 1. The third-order valence-electron chi connectivity index (χ3n) is 2.30. The van der Waals surface area contributed by atoms with Crippen molar-refractivity contribution in [2.24, 2.45) is 5.73 Å². The molecule has 14 heavy (non-hydrogen) atoms. The highest BCUT2D eigenvalue weighted by atomic mass is 16.3. The summed E-state index contributed by atoms with van der Waals surface area (Å²) < 4.78 is 0. The highest BCUT2D eigenvalue weighted by molar-refractivity contribution is 5.58. The zero-order chi connectivity index (χ0) is 10.7. The van der Waals surface area contributed by atoms with Crippen LogP contribution in [0.25, 0.3) is 0 Å². The number of aldehydes is 1. The first-order valence-electron chi connectivity index (χ1n) is 4.54. The number of phenols is 1. The van der Waals surface area contributed by atoms with Crippen LogP contribution in [0.5, 0.6) is 5.75 Å². The van der Waals surface area contributed by atoms with Crippen LogP contribution in [0.3, 0.4) is 0 Å². The Morgan fingerprint density at radius 1 is 1.43 bits per heavy atom. The number of rotatable bonds is 3. The number of phenolic OH excluding ortho intramolecular Hbond substituents is 1. The van der Waals surface area contributed by atoms with Crippen molar-refractivity contribution in [3.8, 4) is 5.75 Å². The van der Waals surface area contributed by atoms with E-state index >= 15 is 0 Å². The molecule has 0 bridgehead atoms. The van der Waals surface area contributed by atoms with E-state index < -0.39 is 6.04 Å². The molecule has 0 unspecified atom stereocenters. The molecular formula is C11H15NO2. The van der Waals surface area contributed by atoms with E-state index in [0.717, 1.165) is 23.0 Å². The summed E-state index contributed by atoms with van der Waals surface area (Å²) in [5, 5.41) is 9.31. The zero-order valence-corrected chi connectivity index (χ0v) is 8.45. The lowest BCUT2D eigenvalue weighted by Gasteiger charge is -2.11. The normalized spacial score (nSPS) is 12.5. The Balaban J connectivity index is 3.02. The van der Waals surface area contributed by atoms with Gasteiger partial charge in [0.15, 0.2) is 0 Å². The van der Waals surface area contributed by atoms with Gasteiger partial charge >= 0.3 is 0 Å². The average molecular weight is 193 g/mol. The van der Waals surface area contributed by atoms with Gasteiger partial charge in [-0.15, -0.1) is 0 Å². The van der Waals surface area contributed by atoms with Crippen LogP contribution in [0.4, 0.5) is 0 Å². The van der Waals surface area contributed by atoms with Gasteiger partial charge in [0.2, 0.25) is 0 Å². The van der Waals surface area contributed by atoms with E-state index in [9.17, 15) is 9.90 Å². The molecule has 0 radical (unpaired) electrons. The van der Waals surface area contributed by atoms with Crippen LogP contribution in [0, 0.1) is 13.8 Å². The van der Waals surface area contributed by atoms with Crippen molar-refractivity contribution < 1.29 is 9.90 Å². The minimum atomic E-state index is -0.461. The van der Waals surface area contributed by atoms with Crippen LogP contribution in [0.2, 0.25) is 0 Å². The van der Waals surface area contributed by atoms with E-state index in [1.807, 2.05) is 13.8 Å². The molecule has 3 nitrogen and oxygen atoms in total. The molecular weight excluding hydrogens is 178 g/mol. The molecule has 0 spiro atoms. The Kier molecular flexibility index (Phi) is 3.25. The lowest BCUT2D eigenvalue weighted by Crippen LogP contribution is -2.24. The fourth-order valence-electron chi connectivity index (χ4n) is 1.58. The molecule has 0 saturated carbocycles. The first-order chi connectivity index (χ1) is 6.54. The SMILES string of the molecule is Cc1cc(O)cc(C)c1C[C@@H](N)C=O. The fraction of sp³-hybridized carbons (Fsp3) is 0.364. The molecule has 0 aromatic heterocycles. The van der Waals surface area contributed by atoms with Gasteiger partial charge in [-0.25, -0.2) is 0 Å². The predicted molar refractivity (Wildman–Crippen MR) is 55.3 cm³/mol. The van der Waals surface area contributed by atoms with Gasteiger partial charge in [0.25, 0.3) is 0 Å². The lowest BCUT2D eigenvalue weighted by molar-refractivity contribution is -0.108. The minimum Gasteiger partial charge on any atom is -0.508 e. The predicted octanol–water partition coefficient (Wildman–Crippen LogP) is 1.08. The number of carbonyl (C=O) groups excluding carboxylic acids is 1. The average Bonchev–Trinajstić information content (AvgIpc) is 2.10. The summed E-state index contributed by atoms with van der Waals surface area (Å²) in [5.74, 6) is 0.253. The first kappa shape index (κ1) is 10.7. The maximum atomic E-state index is 10.4. The highest BCUT2D eigenvalue weighted by Gasteiger charge is 2.08. The van der Waals surface area contributed by atoms with Crippen molar-refractivity contribution in [1.82, 2.24) is 0 Å².